The number of carbonyl (C=O) groups excluding carboxylic acids is 1. The van der Waals surface area contributed by atoms with Gasteiger partial charge in [0.25, 0.3) is 5.91 Å². The van der Waals surface area contributed by atoms with Crippen LogP contribution in [-0.4, -0.2) is 43.7 Å². The van der Waals surface area contributed by atoms with Crippen LogP contribution >= 0.6 is 11.6 Å². The summed E-state index contributed by atoms with van der Waals surface area (Å²) in [4.78, 5) is 12.9. The van der Waals surface area contributed by atoms with Crippen molar-refractivity contribution in [2.75, 3.05) is 27.8 Å². The van der Waals surface area contributed by atoms with Gasteiger partial charge in [-0.3, -0.25) is 4.79 Å². The zero-order valence-electron chi connectivity index (χ0n) is 10.6. The van der Waals surface area contributed by atoms with E-state index in [2.05, 4.69) is 0 Å². The highest BCUT2D eigenvalue weighted by Crippen LogP contribution is 2.34. The number of ether oxygens (including phenoxy) is 2. The number of benzene rings is 1. The zero-order chi connectivity index (χ0) is 13.7. The van der Waals surface area contributed by atoms with Crippen molar-refractivity contribution in [3.63, 3.8) is 0 Å². The Morgan fingerprint density at radius 2 is 2.11 bits per heavy atom. The molecule has 0 aliphatic rings. The number of amides is 1. The summed E-state index contributed by atoms with van der Waals surface area (Å²) < 4.78 is 10.5. The van der Waals surface area contributed by atoms with Crippen LogP contribution in [0.3, 0.4) is 0 Å². The van der Waals surface area contributed by atoms with E-state index in [0.717, 1.165) is 0 Å². The second kappa shape index (κ2) is 6.47. The molecule has 0 saturated heterocycles. The lowest BCUT2D eigenvalue weighted by molar-refractivity contribution is -0.130. The minimum atomic E-state index is -0.248. The molecule has 0 aromatic heterocycles. The first-order valence-electron chi connectivity index (χ1n) is 5.29. The van der Waals surface area contributed by atoms with Crippen LogP contribution in [0.5, 0.6) is 11.5 Å². The second-order valence-electron chi connectivity index (χ2n) is 3.83. The minimum absolute atomic E-state index is 0.127. The van der Waals surface area contributed by atoms with Crippen molar-refractivity contribution >= 4 is 17.5 Å². The van der Waals surface area contributed by atoms with Gasteiger partial charge in [0.15, 0.2) is 18.1 Å². The van der Waals surface area contributed by atoms with Crippen LogP contribution in [0.25, 0.3) is 0 Å². The van der Waals surface area contributed by atoms with Crippen LogP contribution < -0.4 is 9.47 Å². The van der Waals surface area contributed by atoms with Crippen LogP contribution in [0, 0.1) is 0 Å². The lowest BCUT2D eigenvalue weighted by atomic mass is 10.2. The van der Waals surface area contributed by atoms with E-state index in [-0.39, 0.29) is 19.1 Å². The van der Waals surface area contributed by atoms with Gasteiger partial charge in [0.05, 0.1) is 13.7 Å². The van der Waals surface area contributed by atoms with Gasteiger partial charge in [0.2, 0.25) is 0 Å². The number of rotatable bonds is 5. The molecule has 0 unspecified atom stereocenters. The third kappa shape index (κ3) is 3.51. The highest BCUT2D eigenvalue weighted by Gasteiger charge is 2.14. The largest absolute Gasteiger partial charge is 0.493 e. The van der Waals surface area contributed by atoms with E-state index in [4.69, 9.17) is 21.1 Å². The Labute approximate surface area is 111 Å². The predicted molar refractivity (Wildman–Crippen MR) is 68.1 cm³/mol. The molecule has 1 amide bonds. The summed E-state index contributed by atoms with van der Waals surface area (Å²) in [5, 5.41) is 9.68. The zero-order valence-corrected chi connectivity index (χ0v) is 11.3. The number of aliphatic hydroxyl groups is 1. The SMILES string of the molecule is COc1cc(Cl)cc(CO)c1OCC(=O)N(C)C. The summed E-state index contributed by atoms with van der Waals surface area (Å²) in [6.45, 7) is -0.375. The third-order valence-electron chi connectivity index (χ3n) is 2.33. The molecule has 0 aliphatic heterocycles. The van der Waals surface area contributed by atoms with Gasteiger partial charge in [-0.05, 0) is 6.07 Å². The number of hydrogen-bond acceptors (Lipinski definition) is 4. The number of aliphatic hydroxyl groups excluding tert-OH is 1. The molecule has 0 heterocycles. The van der Waals surface area contributed by atoms with Crippen molar-refractivity contribution in [3.05, 3.63) is 22.7 Å². The normalized spacial score (nSPS) is 10.1. The van der Waals surface area contributed by atoms with Crippen LogP contribution in [0.2, 0.25) is 5.02 Å². The first kappa shape index (κ1) is 14.6. The molecule has 1 aromatic carbocycles. The van der Waals surface area contributed by atoms with Crippen LogP contribution in [0.15, 0.2) is 12.1 Å². The Kier molecular flexibility index (Phi) is 5.25. The van der Waals surface area contributed by atoms with E-state index in [9.17, 15) is 9.90 Å². The maximum Gasteiger partial charge on any atom is 0.259 e. The fourth-order valence-corrected chi connectivity index (χ4v) is 1.55. The summed E-state index contributed by atoms with van der Waals surface area (Å²) >= 11 is 5.87. The van der Waals surface area contributed by atoms with E-state index in [0.29, 0.717) is 22.1 Å². The molecule has 0 bridgehead atoms. The van der Waals surface area contributed by atoms with E-state index >= 15 is 0 Å². The van der Waals surface area contributed by atoms with Crippen LogP contribution in [-0.2, 0) is 11.4 Å². The van der Waals surface area contributed by atoms with Crippen LogP contribution in [0.4, 0.5) is 0 Å². The molecule has 0 fully saturated rings. The maximum absolute atomic E-state index is 11.5. The Bertz CT molecular complexity index is 409. The van der Waals surface area contributed by atoms with Crippen LogP contribution in [0.1, 0.15) is 5.56 Å². The lowest BCUT2D eigenvalue weighted by Gasteiger charge is -2.16. The summed E-state index contributed by atoms with van der Waals surface area (Å²) in [6.07, 6.45) is 0. The molecule has 18 heavy (non-hydrogen) atoms. The standard InChI is InChI=1S/C12H16ClNO4/c1-14(2)11(16)7-18-12-8(6-15)4-9(13)5-10(12)17-3/h4-5,15H,6-7H2,1-3H3. The molecular formula is C12H16ClNO4. The van der Waals surface area contributed by atoms with Gasteiger partial charge in [-0.15, -0.1) is 0 Å². The minimum Gasteiger partial charge on any atom is -0.493 e. The number of methoxy groups -OCH3 is 1. The third-order valence-corrected chi connectivity index (χ3v) is 2.54. The first-order valence-corrected chi connectivity index (χ1v) is 5.67. The van der Waals surface area contributed by atoms with Gasteiger partial charge >= 0.3 is 0 Å². The summed E-state index contributed by atoms with van der Waals surface area (Å²) in [5.74, 6) is 0.536. The van der Waals surface area contributed by atoms with Crippen molar-refractivity contribution in [2.45, 2.75) is 6.61 Å². The summed E-state index contributed by atoms with van der Waals surface area (Å²) in [7, 11) is 4.74. The number of likely N-dealkylation sites (N-methyl/N-ethyl adjacent to an activating group) is 1. The molecule has 6 heteroatoms. The molecule has 5 nitrogen and oxygen atoms in total. The Morgan fingerprint density at radius 3 is 2.61 bits per heavy atom. The Balaban J connectivity index is 2.95. The van der Waals surface area contributed by atoms with Gasteiger partial charge in [0.1, 0.15) is 0 Å². The highest BCUT2D eigenvalue weighted by atomic mass is 35.5. The molecule has 0 spiro atoms. The molecular weight excluding hydrogens is 258 g/mol. The molecule has 0 atom stereocenters. The number of nitrogens with zero attached hydrogens (tertiary/aromatic N) is 1. The quantitative estimate of drug-likeness (QED) is 0.879. The fourth-order valence-electron chi connectivity index (χ4n) is 1.32. The van der Waals surface area contributed by atoms with Gasteiger partial charge in [-0.1, -0.05) is 11.6 Å². The molecule has 1 aromatic rings. The fraction of sp³-hybridized carbons (Fsp3) is 0.417. The number of halogens is 1. The molecule has 0 radical (unpaired) electrons. The average molecular weight is 274 g/mol. The smallest absolute Gasteiger partial charge is 0.259 e. The van der Waals surface area contributed by atoms with Gasteiger partial charge < -0.3 is 19.5 Å². The lowest BCUT2D eigenvalue weighted by Crippen LogP contribution is -2.27. The predicted octanol–water partition coefficient (Wildman–Crippen LogP) is 1.31. The molecule has 100 valence electrons. The van der Waals surface area contributed by atoms with Gasteiger partial charge in [0, 0.05) is 30.7 Å². The summed E-state index contributed by atoms with van der Waals surface area (Å²) in [5.41, 5.74) is 0.478. The summed E-state index contributed by atoms with van der Waals surface area (Å²) in [6, 6.07) is 3.13. The van der Waals surface area contributed by atoms with Crippen molar-refractivity contribution in [2.24, 2.45) is 0 Å². The Morgan fingerprint density at radius 1 is 1.44 bits per heavy atom. The molecule has 1 N–H and O–H groups in total. The van der Waals surface area contributed by atoms with Crippen molar-refractivity contribution in [1.29, 1.82) is 0 Å². The van der Waals surface area contributed by atoms with Gasteiger partial charge in [-0.25, -0.2) is 0 Å². The molecule has 0 aliphatic carbocycles. The average Bonchev–Trinajstić information content (AvgIpc) is 2.35. The molecule has 1 rings (SSSR count). The maximum atomic E-state index is 11.5. The number of hydrogen-bond donors (Lipinski definition) is 1. The topological polar surface area (TPSA) is 59.0 Å². The number of carbonyl (C=O) groups is 1. The van der Waals surface area contributed by atoms with Crippen molar-refractivity contribution in [1.82, 2.24) is 4.90 Å². The van der Waals surface area contributed by atoms with E-state index in [1.54, 1.807) is 26.2 Å². The second-order valence-corrected chi connectivity index (χ2v) is 4.27. The monoisotopic (exact) mass is 273 g/mol. The molecule has 0 saturated carbocycles. The van der Waals surface area contributed by atoms with E-state index in [1.807, 2.05) is 0 Å². The van der Waals surface area contributed by atoms with Crippen molar-refractivity contribution in [3.8, 4) is 11.5 Å². The van der Waals surface area contributed by atoms with Crippen molar-refractivity contribution < 1.29 is 19.4 Å². The first-order chi connectivity index (χ1) is 8.49. The highest BCUT2D eigenvalue weighted by molar-refractivity contribution is 6.30. The van der Waals surface area contributed by atoms with Gasteiger partial charge in [-0.2, -0.15) is 0 Å². The van der Waals surface area contributed by atoms with E-state index < -0.39 is 0 Å². The van der Waals surface area contributed by atoms with E-state index in [1.165, 1.54) is 12.0 Å². The Hall–Kier alpha value is -1.46.